The highest BCUT2D eigenvalue weighted by molar-refractivity contribution is 5.90. The first-order valence-corrected chi connectivity index (χ1v) is 5.54. The number of carbonyl (C=O) groups excluding carboxylic acids is 1. The van der Waals surface area contributed by atoms with Crippen LogP contribution in [0.3, 0.4) is 0 Å². The molecule has 3 N–H and O–H groups in total. The fourth-order valence-corrected chi connectivity index (χ4v) is 1.26. The summed E-state index contributed by atoms with van der Waals surface area (Å²) in [6.07, 6.45) is 2.99. The van der Waals surface area contributed by atoms with Crippen LogP contribution in [-0.2, 0) is 4.79 Å². The summed E-state index contributed by atoms with van der Waals surface area (Å²) in [5.74, 6) is 0.410. The van der Waals surface area contributed by atoms with Gasteiger partial charge in [-0.1, -0.05) is 6.92 Å². The van der Waals surface area contributed by atoms with Gasteiger partial charge in [-0.2, -0.15) is 0 Å². The summed E-state index contributed by atoms with van der Waals surface area (Å²) in [4.78, 5) is 15.6. The predicted octanol–water partition coefficient (Wildman–Crippen LogP) is 1.70. The molecule has 1 amide bonds. The van der Waals surface area contributed by atoms with E-state index in [1.807, 2.05) is 26.0 Å². The maximum Gasteiger partial charge on any atom is 0.224 e. The average Bonchev–Trinajstić information content (AvgIpc) is 2.29. The topological polar surface area (TPSA) is 68.0 Å². The Bertz CT molecular complexity index is 335. The van der Waals surface area contributed by atoms with Gasteiger partial charge in [0.2, 0.25) is 5.91 Å². The van der Waals surface area contributed by atoms with E-state index in [4.69, 9.17) is 5.73 Å². The number of carbonyl (C=O) groups is 1. The van der Waals surface area contributed by atoms with Crippen molar-refractivity contribution in [1.82, 2.24) is 4.98 Å². The van der Waals surface area contributed by atoms with E-state index >= 15 is 0 Å². The Morgan fingerprint density at radius 3 is 2.88 bits per heavy atom. The van der Waals surface area contributed by atoms with Crippen molar-refractivity contribution in [2.75, 3.05) is 11.9 Å². The third-order valence-corrected chi connectivity index (χ3v) is 2.46. The molecule has 4 nitrogen and oxygen atoms in total. The van der Waals surface area contributed by atoms with Gasteiger partial charge in [0.1, 0.15) is 0 Å². The number of aromatic nitrogens is 1. The van der Waals surface area contributed by atoms with Gasteiger partial charge in [-0.25, -0.2) is 0 Å². The molecule has 16 heavy (non-hydrogen) atoms. The number of rotatable bonds is 5. The second-order valence-electron chi connectivity index (χ2n) is 4.12. The summed E-state index contributed by atoms with van der Waals surface area (Å²) >= 11 is 0. The first-order chi connectivity index (χ1) is 7.61. The molecule has 88 valence electrons. The number of amides is 1. The molecule has 1 aromatic rings. The molecule has 4 heteroatoms. The minimum absolute atomic E-state index is 0.0194. The summed E-state index contributed by atoms with van der Waals surface area (Å²) in [5, 5.41) is 2.81. The van der Waals surface area contributed by atoms with E-state index < -0.39 is 0 Å². The van der Waals surface area contributed by atoms with E-state index in [0.717, 1.165) is 17.8 Å². The van der Waals surface area contributed by atoms with E-state index in [9.17, 15) is 4.79 Å². The van der Waals surface area contributed by atoms with Gasteiger partial charge in [0, 0.05) is 12.1 Å². The van der Waals surface area contributed by atoms with E-state index in [1.165, 1.54) is 0 Å². The summed E-state index contributed by atoms with van der Waals surface area (Å²) in [6, 6.07) is 3.73. The number of aryl methyl sites for hydroxylation is 1. The average molecular weight is 221 g/mol. The third kappa shape index (κ3) is 4.40. The molecule has 0 aromatic carbocycles. The first-order valence-electron chi connectivity index (χ1n) is 5.54. The number of hydrogen-bond donors (Lipinski definition) is 2. The van der Waals surface area contributed by atoms with Gasteiger partial charge >= 0.3 is 0 Å². The lowest BCUT2D eigenvalue weighted by atomic mass is 10.1. The molecular formula is C12H19N3O. The molecule has 1 unspecified atom stereocenters. The second-order valence-corrected chi connectivity index (χ2v) is 4.12. The van der Waals surface area contributed by atoms with Crippen LogP contribution >= 0.6 is 0 Å². The van der Waals surface area contributed by atoms with Crippen molar-refractivity contribution >= 4 is 11.6 Å². The molecule has 1 atom stereocenters. The summed E-state index contributed by atoms with van der Waals surface area (Å²) in [6.45, 7) is 4.58. The quantitative estimate of drug-likeness (QED) is 0.795. The number of hydrogen-bond acceptors (Lipinski definition) is 3. The molecular weight excluding hydrogens is 202 g/mol. The van der Waals surface area contributed by atoms with Crippen molar-refractivity contribution in [2.24, 2.45) is 11.7 Å². The number of pyridine rings is 1. The first kappa shape index (κ1) is 12.6. The molecule has 0 radical (unpaired) electrons. The van der Waals surface area contributed by atoms with Crippen molar-refractivity contribution in [1.29, 1.82) is 0 Å². The lowest BCUT2D eigenvalue weighted by molar-refractivity contribution is -0.116. The van der Waals surface area contributed by atoms with Gasteiger partial charge in [0.15, 0.2) is 0 Å². The normalized spacial score (nSPS) is 12.2. The zero-order valence-corrected chi connectivity index (χ0v) is 9.86. The van der Waals surface area contributed by atoms with Crippen LogP contribution in [0.15, 0.2) is 18.3 Å². The summed E-state index contributed by atoms with van der Waals surface area (Å²) < 4.78 is 0. The molecule has 0 bridgehead atoms. The Balaban J connectivity index is 2.37. The maximum absolute atomic E-state index is 11.5. The Kier molecular flexibility index (Phi) is 4.92. The van der Waals surface area contributed by atoms with Gasteiger partial charge in [0.25, 0.3) is 0 Å². The number of anilines is 1. The summed E-state index contributed by atoms with van der Waals surface area (Å²) in [5.41, 5.74) is 7.17. The Morgan fingerprint density at radius 2 is 2.31 bits per heavy atom. The standard InChI is InChI=1S/C12H19N3O/c1-9(7-13)3-6-12(16)15-11-5-4-10(2)14-8-11/h4-5,8-9H,3,6-7,13H2,1-2H3,(H,15,16). The van der Waals surface area contributed by atoms with E-state index in [-0.39, 0.29) is 5.91 Å². The highest BCUT2D eigenvalue weighted by atomic mass is 16.1. The van der Waals surface area contributed by atoms with Crippen LogP contribution in [0, 0.1) is 12.8 Å². The molecule has 1 rings (SSSR count). The van der Waals surface area contributed by atoms with Crippen LogP contribution in [0.4, 0.5) is 5.69 Å². The minimum Gasteiger partial charge on any atom is -0.330 e. The Labute approximate surface area is 96.3 Å². The predicted molar refractivity (Wildman–Crippen MR) is 65.1 cm³/mol. The molecule has 0 aliphatic heterocycles. The highest BCUT2D eigenvalue weighted by Crippen LogP contribution is 2.08. The molecule has 1 heterocycles. The van der Waals surface area contributed by atoms with Crippen LogP contribution in [0.25, 0.3) is 0 Å². The van der Waals surface area contributed by atoms with Crippen LogP contribution in [-0.4, -0.2) is 17.4 Å². The van der Waals surface area contributed by atoms with Crippen molar-refractivity contribution in [3.63, 3.8) is 0 Å². The lowest BCUT2D eigenvalue weighted by Crippen LogP contribution is -2.16. The van der Waals surface area contributed by atoms with E-state index in [1.54, 1.807) is 6.20 Å². The number of nitrogens with one attached hydrogen (secondary N) is 1. The maximum atomic E-state index is 11.5. The monoisotopic (exact) mass is 221 g/mol. The number of nitrogens with two attached hydrogens (primary N) is 1. The fourth-order valence-electron chi connectivity index (χ4n) is 1.26. The molecule has 0 aliphatic carbocycles. The van der Waals surface area contributed by atoms with Crippen LogP contribution < -0.4 is 11.1 Å². The van der Waals surface area contributed by atoms with Gasteiger partial charge in [0.05, 0.1) is 11.9 Å². The molecule has 1 aromatic heterocycles. The molecule has 0 fully saturated rings. The molecule has 0 saturated carbocycles. The lowest BCUT2D eigenvalue weighted by Gasteiger charge is -2.08. The van der Waals surface area contributed by atoms with Crippen LogP contribution in [0.2, 0.25) is 0 Å². The molecule has 0 aliphatic rings. The third-order valence-electron chi connectivity index (χ3n) is 2.46. The zero-order valence-electron chi connectivity index (χ0n) is 9.86. The van der Waals surface area contributed by atoms with Gasteiger partial charge in [-0.15, -0.1) is 0 Å². The molecule has 0 spiro atoms. The smallest absolute Gasteiger partial charge is 0.224 e. The largest absolute Gasteiger partial charge is 0.330 e. The molecule has 0 saturated heterocycles. The van der Waals surface area contributed by atoms with Crippen molar-refractivity contribution in [3.05, 3.63) is 24.0 Å². The fraction of sp³-hybridized carbons (Fsp3) is 0.500. The SMILES string of the molecule is Cc1ccc(NC(=O)CCC(C)CN)cn1. The van der Waals surface area contributed by atoms with Crippen LogP contribution in [0.1, 0.15) is 25.5 Å². The van der Waals surface area contributed by atoms with Crippen LogP contribution in [0.5, 0.6) is 0 Å². The van der Waals surface area contributed by atoms with Gasteiger partial charge < -0.3 is 11.1 Å². The summed E-state index contributed by atoms with van der Waals surface area (Å²) in [7, 11) is 0. The number of nitrogens with zero attached hydrogens (tertiary/aromatic N) is 1. The Hall–Kier alpha value is -1.42. The van der Waals surface area contributed by atoms with Crippen molar-refractivity contribution in [2.45, 2.75) is 26.7 Å². The Morgan fingerprint density at radius 1 is 1.56 bits per heavy atom. The van der Waals surface area contributed by atoms with E-state index in [0.29, 0.717) is 18.9 Å². The minimum atomic E-state index is 0.0194. The van der Waals surface area contributed by atoms with Gasteiger partial charge in [-0.3, -0.25) is 9.78 Å². The van der Waals surface area contributed by atoms with Crippen molar-refractivity contribution < 1.29 is 4.79 Å². The van der Waals surface area contributed by atoms with Gasteiger partial charge in [-0.05, 0) is 37.9 Å². The zero-order chi connectivity index (χ0) is 12.0. The van der Waals surface area contributed by atoms with E-state index in [2.05, 4.69) is 10.3 Å². The highest BCUT2D eigenvalue weighted by Gasteiger charge is 2.05. The second kappa shape index (κ2) is 6.23. The van der Waals surface area contributed by atoms with Crippen molar-refractivity contribution in [3.8, 4) is 0 Å².